The van der Waals surface area contributed by atoms with E-state index in [2.05, 4.69) is 20.8 Å². The summed E-state index contributed by atoms with van der Waals surface area (Å²) >= 11 is 0. The van der Waals surface area contributed by atoms with E-state index >= 15 is 0 Å². The number of hydrogen-bond donors (Lipinski definition) is 1. The van der Waals surface area contributed by atoms with E-state index in [0.29, 0.717) is 24.8 Å². The van der Waals surface area contributed by atoms with Crippen molar-refractivity contribution in [3.05, 3.63) is 0 Å². The highest BCUT2D eigenvalue weighted by atomic mass is 16.2. The molecule has 2 N–H and O–H groups in total. The second kappa shape index (κ2) is 5.67. The zero-order valence-electron chi connectivity index (χ0n) is 11.0. The molecular weight excluding hydrogens is 200 g/mol. The highest BCUT2D eigenvalue weighted by Gasteiger charge is 2.25. The Hall–Kier alpha value is -0.570. The molecule has 0 radical (unpaired) electrons. The van der Waals surface area contributed by atoms with E-state index in [1.165, 1.54) is 0 Å². The molecule has 0 aliphatic carbocycles. The van der Waals surface area contributed by atoms with Gasteiger partial charge in [-0.3, -0.25) is 4.79 Å². The Morgan fingerprint density at radius 3 is 2.62 bits per heavy atom. The SMILES string of the molecule is CC1CCN(C(=O)CCC(C)(C)CCN)C1. The van der Waals surface area contributed by atoms with Gasteiger partial charge in [0.1, 0.15) is 0 Å². The average Bonchev–Trinajstić information content (AvgIpc) is 2.61. The standard InChI is InChI=1S/C13H26N2O/c1-11-5-9-15(10-11)12(16)4-6-13(2,3)7-8-14/h11H,4-10,14H2,1-3H3. The van der Waals surface area contributed by atoms with E-state index in [4.69, 9.17) is 5.73 Å². The van der Waals surface area contributed by atoms with Crippen LogP contribution >= 0.6 is 0 Å². The quantitative estimate of drug-likeness (QED) is 0.779. The molecule has 1 rings (SSSR count). The third-order valence-electron chi connectivity index (χ3n) is 3.61. The number of rotatable bonds is 5. The van der Waals surface area contributed by atoms with Crippen molar-refractivity contribution in [1.29, 1.82) is 0 Å². The minimum Gasteiger partial charge on any atom is -0.342 e. The molecule has 0 aromatic carbocycles. The number of carbonyl (C=O) groups is 1. The first-order valence-electron chi connectivity index (χ1n) is 6.42. The summed E-state index contributed by atoms with van der Waals surface area (Å²) in [6.45, 7) is 9.22. The minimum absolute atomic E-state index is 0.204. The second-order valence-electron chi connectivity index (χ2n) is 5.94. The average molecular weight is 226 g/mol. The van der Waals surface area contributed by atoms with Crippen molar-refractivity contribution in [2.75, 3.05) is 19.6 Å². The molecule has 0 saturated carbocycles. The van der Waals surface area contributed by atoms with E-state index in [0.717, 1.165) is 32.4 Å². The molecule has 1 unspecified atom stereocenters. The number of hydrogen-bond acceptors (Lipinski definition) is 2. The lowest BCUT2D eigenvalue weighted by Crippen LogP contribution is -2.29. The molecule has 1 fully saturated rings. The lowest BCUT2D eigenvalue weighted by atomic mass is 9.84. The number of nitrogens with two attached hydrogens (primary N) is 1. The Kier molecular flexibility index (Phi) is 4.78. The van der Waals surface area contributed by atoms with Crippen molar-refractivity contribution >= 4 is 5.91 Å². The van der Waals surface area contributed by atoms with Gasteiger partial charge < -0.3 is 10.6 Å². The first-order chi connectivity index (χ1) is 7.44. The van der Waals surface area contributed by atoms with Gasteiger partial charge in [-0.2, -0.15) is 0 Å². The van der Waals surface area contributed by atoms with Crippen LogP contribution in [0.4, 0.5) is 0 Å². The number of amides is 1. The summed E-state index contributed by atoms with van der Waals surface area (Å²) in [4.78, 5) is 14.0. The van der Waals surface area contributed by atoms with Crippen LogP contribution in [0.5, 0.6) is 0 Å². The lowest BCUT2D eigenvalue weighted by Gasteiger charge is -2.25. The van der Waals surface area contributed by atoms with Gasteiger partial charge in [0.2, 0.25) is 5.91 Å². The van der Waals surface area contributed by atoms with Crippen LogP contribution in [0.3, 0.4) is 0 Å². The smallest absolute Gasteiger partial charge is 0.222 e. The fourth-order valence-electron chi connectivity index (χ4n) is 2.28. The first kappa shape index (κ1) is 13.5. The highest BCUT2D eigenvalue weighted by Crippen LogP contribution is 2.27. The molecule has 3 heteroatoms. The maximum absolute atomic E-state index is 11.9. The minimum atomic E-state index is 0.204. The Bertz CT molecular complexity index is 238. The van der Waals surface area contributed by atoms with E-state index in [1.807, 2.05) is 4.90 Å². The molecule has 1 saturated heterocycles. The summed E-state index contributed by atoms with van der Waals surface area (Å²) in [5, 5.41) is 0. The number of likely N-dealkylation sites (tertiary alicyclic amines) is 1. The van der Waals surface area contributed by atoms with Gasteiger partial charge in [-0.25, -0.2) is 0 Å². The van der Waals surface area contributed by atoms with Crippen molar-refractivity contribution in [2.45, 2.75) is 46.5 Å². The maximum Gasteiger partial charge on any atom is 0.222 e. The Balaban J connectivity index is 2.29. The van der Waals surface area contributed by atoms with Crippen molar-refractivity contribution < 1.29 is 4.79 Å². The van der Waals surface area contributed by atoms with Crippen molar-refractivity contribution in [3.8, 4) is 0 Å². The lowest BCUT2D eigenvalue weighted by molar-refractivity contribution is -0.130. The molecule has 0 spiro atoms. The van der Waals surface area contributed by atoms with Crippen molar-refractivity contribution in [3.63, 3.8) is 0 Å². The Labute approximate surface area is 99.4 Å². The maximum atomic E-state index is 11.9. The van der Waals surface area contributed by atoms with Crippen molar-refractivity contribution in [2.24, 2.45) is 17.1 Å². The summed E-state index contributed by atoms with van der Waals surface area (Å²) in [5.41, 5.74) is 5.77. The molecule has 1 amide bonds. The van der Waals surface area contributed by atoms with Crippen LogP contribution < -0.4 is 5.73 Å². The molecule has 1 aliphatic rings. The molecule has 1 heterocycles. The van der Waals surface area contributed by atoms with Crippen LogP contribution in [0.2, 0.25) is 0 Å². The molecule has 16 heavy (non-hydrogen) atoms. The number of carbonyl (C=O) groups excluding carboxylic acids is 1. The Morgan fingerprint density at radius 2 is 2.12 bits per heavy atom. The second-order valence-corrected chi connectivity index (χ2v) is 5.94. The van der Waals surface area contributed by atoms with Gasteiger partial charge in [0.25, 0.3) is 0 Å². The highest BCUT2D eigenvalue weighted by molar-refractivity contribution is 5.76. The van der Waals surface area contributed by atoms with Gasteiger partial charge in [-0.05, 0) is 37.1 Å². The predicted molar refractivity (Wildman–Crippen MR) is 67.0 cm³/mol. The summed E-state index contributed by atoms with van der Waals surface area (Å²) in [6, 6.07) is 0. The molecule has 0 aromatic heterocycles. The van der Waals surface area contributed by atoms with Gasteiger partial charge >= 0.3 is 0 Å². The third-order valence-corrected chi connectivity index (χ3v) is 3.61. The summed E-state index contributed by atoms with van der Waals surface area (Å²) < 4.78 is 0. The summed E-state index contributed by atoms with van der Waals surface area (Å²) in [6.07, 6.45) is 3.79. The van der Waals surface area contributed by atoms with Crippen LogP contribution in [-0.4, -0.2) is 30.4 Å². The van der Waals surface area contributed by atoms with Crippen LogP contribution in [-0.2, 0) is 4.79 Å². The fourth-order valence-corrected chi connectivity index (χ4v) is 2.28. The van der Waals surface area contributed by atoms with E-state index < -0.39 is 0 Å². The van der Waals surface area contributed by atoms with Crippen LogP contribution in [0, 0.1) is 11.3 Å². The molecule has 0 bridgehead atoms. The molecule has 0 aromatic rings. The topological polar surface area (TPSA) is 46.3 Å². The fraction of sp³-hybridized carbons (Fsp3) is 0.923. The van der Waals surface area contributed by atoms with Gasteiger partial charge in [0, 0.05) is 19.5 Å². The van der Waals surface area contributed by atoms with Crippen LogP contribution in [0.15, 0.2) is 0 Å². The zero-order valence-corrected chi connectivity index (χ0v) is 11.0. The molecule has 3 nitrogen and oxygen atoms in total. The molecule has 1 aliphatic heterocycles. The van der Waals surface area contributed by atoms with Gasteiger partial charge in [-0.15, -0.1) is 0 Å². The Morgan fingerprint density at radius 1 is 1.44 bits per heavy atom. The molecule has 94 valence electrons. The van der Waals surface area contributed by atoms with E-state index in [9.17, 15) is 4.79 Å². The van der Waals surface area contributed by atoms with Crippen LogP contribution in [0.1, 0.15) is 46.5 Å². The molecular formula is C13H26N2O. The third kappa shape index (κ3) is 4.12. The van der Waals surface area contributed by atoms with E-state index in [-0.39, 0.29) is 5.41 Å². The number of nitrogens with zero attached hydrogens (tertiary/aromatic N) is 1. The van der Waals surface area contributed by atoms with Gasteiger partial charge in [0.15, 0.2) is 0 Å². The predicted octanol–water partition coefficient (Wildman–Crippen LogP) is 2.01. The zero-order chi connectivity index (χ0) is 12.2. The van der Waals surface area contributed by atoms with E-state index in [1.54, 1.807) is 0 Å². The van der Waals surface area contributed by atoms with Crippen LogP contribution in [0.25, 0.3) is 0 Å². The molecule has 1 atom stereocenters. The van der Waals surface area contributed by atoms with Gasteiger partial charge in [-0.1, -0.05) is 20.8 Å². The first-order valence-corrected chi connectivity index (χ1v) is 6.42. The van der Waals surface area contributed by atoms with Gasteiger partial charge in [0.05, 0.1) is 0 Å². The summed E-state index contributed by atoms with van der Waals surface area (Å²) in [7, 11) is 0. The largest absolute Gasteiger partial charge is 0.342 e. The van der Waals surface area contributed by atoms with Crippen molar-refractivity contribution in [1.82, 2.24) is 4.90 Å². The summed E-state index contributed by atoms with van der Waals surface area (Å²) in [5.74, 6) is 1.01. The normalized spacial score (nSPS) is 21.5. The monoisotopic (exact) mass is 226 g/mol.